The number of hydrogen-bond donors (Lipinski definition) is 1. The molecule has 0 aliphatic heterocycles. The van der Waals surface area contributed by atoms with Crippen molar-refractivity contribution in [3.05, 3.63) is 35.9 Å². The molecule has 1 aromatic carbocycles. The molecule has 0 fully saturated rings. The predicted octanol–water partition coefficient (Wildman–Crippen LogP) is 2.00. The van der Waals surface area contributed by atoms with Crippen LogP contribution in [0, 0.1) is 0 Å². The third-order valence-corrected chi connectivity index (χ3v) is 2.38. The van der Waals surface area contributed by atoms with Gasteiger partial charge in [0.25, 0.3) is 0 Å². The van der Waals surface area contributed by atoms with Crippen LogP contribution in [0.25, 0.3) is 0 Å². The number of nitrogens with one attached hydrogen (secondary N) is 1. The summed E-state index contributed by atoms with van der Waals surface area (Å²) >= 11 is 0. The average molecular weight is 223 g/mol. The van der Waals surface area contributed by atoms with Crippen molar-refractivity contribution >= 4 is 0 Å². The number of ether oxygens (including phenoxy) is 2. The fourth-order valence-corrected chi connectivity index (χ4v) is 1.57. The summed E-state index contributed by atoms with van der Waals surface area (Å²) in [5, 5.41) is 3.42. The zero-order chi connectivity index (χ0) is 11.6. The molecule has 0 saturated heterocycles. The first kappa shape index (κ1) is 13.2. The Hall–Kier alpha value is -0.900. The highest BCUT2D eigenvalue weighted by molar-refractivity contribution is 5.18. The normalized spacial score (nSPS) is 12.6. The molecule has 0 aromatic heterocycles. The van der Waals surface area contributed by atoms with E-state index in [0.717, 1.165) is 19.8 Å². The summed E-state index contributed by atoms with van der Waals surface area (Å²) < 4.78 is 10.5. The van der Waals surface area contributed by atoms with E-state index in [2.05, 4.69) is 17.4 Å². The number of benzene rings is 1. The van der Waals surface area contributed by atoms with Crippen LogP contribution in [-0.2, 0) is 9.47 Å². The second-order valence-corrected chi connectivity index (χ2v) is 3.57. The molecular weight excluding hydrogens is 202 g/mol. The van der Waals surface area contributed by atoms with Gasteiger partial charge in [-0.3, -0.25) is 0 Å². The van der Waals surface area contributed by atoms with Crippen molar-refractivity contribution in [1.29, 1.82) is 0 Å². The Bertz CT molecular complexity index is 264. The minimum Gasteiger partial charge on any atom is -0.383 e. The van der Waals surface area contributed by atoms with Gasteiger partial charge in [0, 0.05) is 20.3 Å². The van der Waals surface area contributed by atoms with Gasteiger partial charge in [-0.1, -0.05) is 30.3 Å². The lowest BCUT2D eigenvalue weighted by atomic mass is 10.1. The lowest BCUT2D eigenvalue weighted by molar-refractivity contribution is 0.132. The monoisotopic (exact) mass is 223 g/mol. The fraction of sp³-hybridized carbons (Fsp3) is 0.538. The van der Waals surface area contributed by atoms with Crippen LogP contribution in [-0.4, -0.2) is 33.5 Å². The van der Waals surface area contributed by atoms with E-state index < -0.39 is 0 Å². The Labute approximate surface area is 97.8 Å². The molecule has 0 spiro atoms. The van der Waals surface area contributed by atoms with Crippen LogP contribution in [0.15, 0.2) is 30.3 Å². The summed E-state index contributed by atoms with van der Waals surface area (Å²) in [5.41, 5.74) is 1.25. The summed E-state index contributed by atoms with van der Waals surface area (Å²) in [6.45, 7) is 5.03. The molecule has 0 heterocycles. The van der Waals surface area contributed by atoms with Crippen LogP contribution >= 0.6 is 0 Å². The molecular formula is C13H21NO2. The highest BCUT2D eigenvalue weighted by Crippen LogP contribution is 2.12. The van der Waals surface area contributed by atoms with Crippen LogP contribution in [0.5, 0.6) is 0 Å². The molecule has 1 aromatic rings. The van der Waals surface area contributed by atoms with Crippen molar-refractivity contribution in [2.75, 3.05) is 33.5 Å². The largest absolute Gasteiger partial charge is 0.383 e. The van der Waals surface area contributed by atoms with Crippen LogP contribution in [0.2, 0.25) is 0 Å². The molecule has 0 amide bonds. The summed E-state index contributed by atoms with van der Waals surface area (Å²) in [6, 6.07) is 10.6. The Kier molecular flexibility index (Phi) is 6.81. The second kappa shape index (κ2) is 8.28. The molecule has 1 unspecified atom stereocenters. The van der Waals surface area contributed by atoms with Crippen LogP contribution in [0.1, 0.15) is 18.5 Å². The Morgan fingerprint density at radius 3 is 2.62 bits per heavy atom. The van der Waals surface area contributed by atoms with E-state index in [-0.39, 0.29) is 6.04 Å². The molecule has 3 heteroatoms. The third-order valence-electron chi connectivity index (χ3n) is 2.38. The van der Waals surface area contributed by atoms with Crippen LogP contribution in [0.3, 0.4) is 0 Å². The van der Waals surface area contributed by atoms with E-state index in [4.69, 9.17) is 9.47 Å². The Morgan fingerprint density at radius 1 is 1.25 bits per heavy atom. The second-order valence-electron chi connectivity index (χ2n) is 3.57. The van der Waals surface area contributed by atoms with Gasteiger partial charge in [-0.25, -0.2) is 0 Å². The van der Waals surface area contributed by atoms with Gasteiger partial charge in [0.15, 0.2) is 0 Å². The molecule has 1 N–H and O–H groups in total. The van der Waals surface area contributed by atoms with Crippen molar-refractivity contribution in [2.45, 2.75) is 13.0 Å². The number of methoxy groups -OCH3 is 1. The Balaban J connectivity index is 2.41. The third kappa shape index (κ3) is 4.75. The van der Waals surface area contributed by atoms with Gasteiger partial charge in [-0.05, 0) is 12.5 Å². The predicted molar refractivity (Wildman–Crippen MR) is 65.6 cm³/mol. The van der Waals surface area contributed by atoms with E-state index in [9.17, 15) is 0 Å². The van der Waals surface area contributed by atoms with Gasteiger partial charge in [-0.2, -0.15) is 0 Å². The maximum atomic E-state index is 5.29. The smallest absolute Gasteiger partial charge is 0.0657 e. The van der Waals surface area contributed by atoms with E-state index in [0.29, 0.717) is 6.61 Å². The van der Waals surface area contributed by atoms with Crippen molar-refractivity contribution in [3.63, 3.8) is 0 Å². The van der Waals surface area contributed by atoms with Gasteiger partial charge in [0.1, 0.15) is 0 Å². The first-order chi connectivity index (χ1) is 7.88. The fourth-order valence-electron chi connectivity index (χ4n) is 1.57. The molecule has 90 valence electrons. The first-order valence-electron chi connectivity index (χ1n) is 5.73. The molecule has 0 radical (unpaired) electrons. The molecule has 1 rings (SSSR count). The number of rotatable bonds is 8. The topological polar surface area (TPSA) is 30.5 Å². The van der Waals surface area contributed by atoms with Crippen molar-refractivity contribution in [1.82, 2.24) is 5.32 Å². The van der Waals surface area contributed by atoms with E-state index in [1.165, 1.54) is 5.56 Å². The number of hydrogen-bond acceptors (Lipinski definition) is 3. The lowest BCUT2D eigenvalue weighted by Crippen LogP contribution is -2.28. The highest BCUT2D eigenvalue weighted by Gasteiger charge is 2.09. The SMILES string of the molecule is CCOCCNC(COC)c1ccccc1. The Morgan fingerprint density at radius 2 is 2.00 bits per heavy atom. The molecule has 3 nitrogen and oxygen atoms in total. The quantitative estimate of drug-likeness (QED) is 0.684. The first-order valence-corrected chi connectivity index (χ1v) is 5.73. The van der Waals surface area contributed by atoms with Crippen LogP contribution < -0.4 is 5.32 Å². The molecule has 0 aliphatic rings. The standard InChI is InChI=1S/C13H21NO2/c1-3-16-10-9-14-13(11-15-2)12-7-5-4-6-8-12/h4-8,13-14H,3,9-11H2,1-2H3. The van der Waals surface area contributed by atoms with Gasteiger partial charge in [-0.15, -0.1) is 0 Å². The van der Waals surface area contributed by atoms with Crippen molar-refractivity contribution in [3.8, 4) is 0 Å². The molecule has 0 bridgehead atoms. The van der Waals surface area contributed by atoms with Crippen molar-refractivity contribution < 1.29 is 9.47 Å². The van der Waals surface area contributed by atoms with Gasteiger partial charge >= 0.3 is 0 Å². The summed E-state index contributed by atoms with van der Waals surface area (Å²) in [7, 11) is 1.72. The summed E-state index contributed by atoms with van der Waals surface area (Å²) in [5.74, 6) is 0. The summed E-state index contributed by atoms with van der Waals surface area (Å²) in [4.78, 5) is 0. The van der Waals surface area contributed by atoms with Gasteiger partial charge in [0.2, 0.25) is 0 Å². The van der Waals surface area contributed by atoms with Crippen LogP contribution in [0.4, 0.5) is 0 Å². The van der Waals surface area contributed by atoms with E-state index in [1.807, 2.05) is 25.1 Å². The molecule has 16 heavy (non-hydrogen) atoms. The molecule has 0 saturated carbocycles. The van der Waals surface area contributed by atoms with Crippen molar-refractivity contribution in [2.24, 2.45) is 0 Å². The zero-order valence-corrected chi connectivity index (χ0v) is 10.1. The average Bonchev–Trinajstić information content (AvgIpc) is 2.34. The maximum absolute atomic E-state index is 5.29. The zero-order valence-electron chi connectivity index (χ0n) is 10.1. The van der Waals surface area contributed by atoms with Gasteiger partial charge in [0.05, 0.1) is 19.3 Å². The highest BCUT2D eigenvalue weighted by atomic mass is 16.5. The van der Waals surface area contributed by atoms with E-state index >= 15 is 0 Å². The molecule has 1 atom stereocenters. The maximum Gasteiger partial charge on any atom is 0.0657 e. The summed E-state index contributed by atoms with van der Waals surface area (Å²) in [6.07, 6.45) is 0. The minimum absolute atomic E-state index is 0.242. The lowest BCUT2D eigenvalue weighted by Gasteiger charge is -2.18. The van der Waals surface area contributed by atoms with E-state index in [1.54, 1.807) is 7.11 Å². The van der Waals surface area contributed by atoms with Gasteiger partial charge < -0.3 is 14.8 Å². The minimum atomic E-state index is 0.242. The molecule has 0 aliphatic carbocycles.